The van der Waals surface area contributed by atoms with Crippen molar-refractivity contribution in [1.82, 2.24) is 0 Å². The SMILES string of the molecule is CC.CC.CF.Cc1ccc2c(c1)CC(C)O2.FCF. The van der Waals surface area contributed by atoms with Gasteiger partial charge < -0.3 is 4.74 Å². The van der Waals surface area contributed by atoms with Crippen molar-refractivity contribution in [2.24, 2.45) is 0 Å². The van der Waals surface area contributed by atoms with Gasteiger partial charge in [0.1, 0.15) is 11.9 Å². The normalized spacial score (nSPS) is 13.4. The third kappa shape index (κ3) is 10.7. The van der Waals surface area contributed by atoms with Crippen LogP contribution in [0.4, 0.5) is 13.2 Å². The fraction of sp³-hybridized carbons (Fsp3) is 0.625. The Labute approximate surface area is 122 Å². The summed E-state index contributed by atoms with van der Waals surface area (Å²) in [5.41, 5.74) is 2.68. The predicted molar refractivity (Wildman–Crippen MR) is 81.8 cm³/mol. The number of ether oxygens (including phenoxy) is 1. The average molecular weight is 294 g/mol. The Morgan fingerprint density at radius 2 is 1.55 bits per heavy atom. The molecular weight excluding hydrogens is 265 g/mol. The van der Waals surface area contributed by atoms with Crippen molar-refractivity contribution >= 4 is 0 Å². The second-order valence-electron chi connectivity index (χ2n) is 3.34. The van der Waals surface area contributed by atoms with Crippen molar-refractivity contribution in [2.75, 3.05) is 14.1 Å². The Balaban J connectivity index is -0.000000275. The van der Waals surface area contributed by atoms with Gasteiger partial charge in [0, 0.05) is 6.42 Å². The molecule has 0 fully saturated rings. The molecule has 0 amide bonds. The molecule has 1 heterocycles. The van der Waals surface area contributed by atoms with Crippen LogP contribution < -0.4 is 4.74 Å². The topological polar surface area (TPSA) is 9.23 Å². The van der Waals surface area contributed by atoms with E-state index >= 15 is 0 Å². The van der Waals surface area contributed by atoms with Crippen LogP contribution in [-0.4, -0.2) is 20.2 Å². The van der Waals surface area contributed by atoms with E-state index in [4.69, 9.17) is 4.74 Å². The standard InChI is InChI=1S/C10H12O.2C2H6.CH2F2.CH3F/c1-7-3-4-10-9(5-7)6-8(2)11-10;2*1-2;2-1-3;1-2/h3-5,8H,6H2,1-2H3;2*1-2H3;1H2;1H3. The number of alkyl halides is 3. The van der Waals surface area contributed by atoms with E-state index in [0.717, 1.165) is 12.2 Å². The van der Waals surface area contributed by atoms with Crippen LogP contribution in [0.2, 0.25) is 0 Å². The average Bonchev–Trinajstić information content (AvgIpc) is 2.85. The molecule has 1 aromatic rings. The molecule has 0 aromatic heterocycles. The van der Waals surface area contributed by atoms with Gasteiger partial charge >= 0.3 is 0 Å². The molecule has 0 aliphatic carbocycles. The van der Waals surface area contributed by atoms with Crippen LogP contribution in [0.3, 0.4) is 0 Å². The fourth-order valence-electron chi connectivity index (χ4n) is 1.55. The van der Waals surface area contributed by atoms with Crippen LogP contribution in [0, 0.1) is 6.92 Å². The Kier molecular flexibility index (Phi) is 21.3. The lowest BCUT2D eigenvalue weighted by molar-refractivity contribution is 0.254. The van der Waals surface area contributed by atoms with E-state index in [0.29, 0.717) is 13.3 Å². The van der Waals surface area contributed by atoms with Crippen molar-refractivity contribution in [1.29, 1.82) is 0 Å². The largest absolute Gasteiger partial charge is 0.490 e. The maximum absolute atomic E-state index is 9.62. The smallest absolute Gasteiger partial charge is 0.229 e. The summed E-state index contributed by atoms with van der Waals surface area (Å²) in [5, 5.41) is 0. The highest BCUT2D eigenvalue weighted by Gasteiger charge is 2.17. The Bertz CT molecular complexity index is 304. The van der Waals surface area contributed by atoms with Gasteiger partial charge in [0.2, 0.25) is 6.93 Å². The van der Waals surface area contributed by atoms with E-state index in [2.05, 4.69) is 32.0 Å². The highest BCUT2D eigenvalue weighted by Crippen LogP contribution is 2.28. The van der Waals surface area contributed by atoms with Gasteiger partial charge in [-0.2, -0.15) is 0 Å². The number of aryl methyl sites for hydroxylation is 1. The summed E-state index contributed by atoms with van der Waals surface area (Å²) >= 11 is 0. The van der Waals surface area contributed by atoms with Gasteiger partial charge in [-0.05, 0) is 25.5 Å². The maximum Gasteiger partial charge on any atom is 0.229 e. The van der Waals surface area contributed by atoms with E-state index < -0.39 is 6.93 Å². The van der Waals surface area contributed by atoms with Gasteiger partial charge in [0.15, 0.2) is 0 Å². The molecule has 0 bridgehead atoms. The molecule has 20 heavy (non-hydrogen) atoms. The molecule has 1 unspecified atom stereocenters. The zero-order valence-electron chi connectivity index (χ0n) is 13.8. The van der Waals surface area contributed by atoms with Crippen LogP contribution in [0.1, 0.15) is 45.7 Å². The van der Waals surface area contributed by atoms with E-state index in [-0.39, 0.29) is 0 Å². The molecule has 0 radical (unpaired) electrons. The molecule has 1 aromatic carbocycles. The third-order valence-electron chi connectivity index (χ3n) is 2.05. The second-order valence-corrected chi connectivity index (χ2v) is 3.34. The van der Waals surface area contributed by atoms with Crippen LogP contribution in [0.15, 0.2) is 18.2 Å². The summed E-state index contributed by atoms with van der Waals surface area (Å²) in [6.07, 6.45) is 1.43. The molecule has 1 atom stereocenters. The minimum Gasteiger partial charge on any atom is -0.490 e. The molecule has 0 saturated carbocycles. The molecule has 1 aliphatic rings. The first-order valence-electron chi connectivity index (χ1n) is 6.93. The Hall–Kier alpha value is -1.19. The summed E-state index contributed by atoms with van der Waals surface area (Å²) in [6.45, 7) is 10.5. The van der Waals surface area contributed by atoms with Crippen molar-refractivity contribution in [3.8, 4) is 5.75 Å². The molecule has 0 saturated heterocycles. The van der Waals surface area contributed by atoms with Gasteiger partial charge in [0.25, 0.3) is 0 Å². The lowest BCUT2D eigenvalue weighted by Crippen LogP contribution is -2.05. The van der Waals surface area contributed by atoms with Gasteiger partial charge in [-0.1, -0.05) is 45.4 Å². The van der Waals surface area contributed by atoms with Crippen molar-refractivity contribution in [3.63, 3.8) is 0 Å². The number of rotatable bonds is 0. The van der Waals surface area contributed by atoms with Gasteiger partial charge in [0.05, 0.1) is 7.18 Å². The molecule has 0 spiro atoms. The van der Waals surface area contributed by atoms with E-state index in [1.165, 1.54) is 11.1 Å². The van der Waals surface area contributed by atoms with E-state index in [1.807, 2.05) is 27.7 Å². The highest BCUT2D eigenvalue weighted by molar-refractivity contribution is 5.40. The lowest BCUT2D eigenvalue weighted by Gasteiger charge is -2.01. The quantitative estimate of drug-likeness (QED) is 0.584. The Morgan fingerprint density at radius 3 is 2.00 bits per heavy atom. The predicted octanol–water partition coefficient (Wildman–Crippen LogP) is 5.84. The molecule has 2 rings (SSSR count). The zero-order chi connectivity index (χ0) is 16.6. The minimum atomic E-state index is -1.75. The number of hydrogen-bond donors (Lipinski definition) is 0. The van der Waals surface area contributed by atoms with E-state index in [9.17, 15) is 13.2 Å². The highest BCUT2D eigenvalue weighted by atomic mass is 19.3. The Morgan fingerprint density at radius 1 is 1.10 bits per heavy atom. The number of fused-ring (bicyclic) bond motifs is 1. The first-order chi connectivity index (χ1) is 9.67. The van der Waals surface area contributed by atoms with Crippen molar-refractivity contribution < 1.29 is 17.9 Å². The number of benzene rings is 1. The van der Waals surface area contributed by atoms with E-state index in [1.54, 1.807) is 0 Å². The van der Waals surface area contributed by atoms with Crippen molar-refractivity contribution in [3.05, 3.63) is 29.3 Å². The number of halogens is 3. The molecule has 1 aliphatic heterocycles. The van der Waals surface area contributed by atoms with Crippen LogP contribution in [-0.2, 0) is 6.42 Å². The summed E-state index contributed by atoms with van der Waals surface area (Å²) in [4.78, 5) is 0. The van der Waals surface area contributed by atoms with Crippen molar-refractivity contribution in [2.45, 2.75) is 54.1 Å². The maximum atomic E-state index is 9.62. The first kappa shape index (κ1) is 23.9. The van der Waals surface area contributed by atoms with Gasteiger partial charge in [-0.25, -0.2) is 8.78 Å². The van der Waals surface area contributed by atoms with Crippen LogP contribution in [0.5, 0.6) is 5.75 Å². The summed E-state index contributed by atoms with van der Waals surface area (Å²) in [5.74, 6) is 1.07. The minimum absolute atomic E-state index is 0.367. The van der Waals surface area contributed by atoms with Gasteiger partial charge in [-0.15, -0.1) is 0 Å². The van der Waals surface area contributed by atoms with Crippen LogP contribution in [0.25, 0.3) is 0 Å². The summed E-state index contributed by atoms with van der Waals surface area (Å²) in [7, 11) is 0.500. The fourth-order valence-corrected chi connectivity index (χ4v) is 1.55. The second kappa shape index (κ2) is 17.8. The zero-order valence-corrected chi connectivity index (χ0v) is 13.8. The summed E-state index contributed by atoms with van der Waals surface area (Å²) < 4.78 is 34.3. The molecule has 4 heteroatoms. The molecular formula is C16H29F3O. The molecule has 0 N–H and O–H groups in total. The molecule has 1 nitrogen and oxygen atoms in total. The van der Waals surface area contributed by atoms with Gasteiger partial charge in [-0.3, -0.25) is 4.39 Å². The lowest BCUT2D eigenvalue weighted by atomic mass is 10.1. The molecule has 120 valence electrons. The third-order valence-corrected chi connectivity index (χ3v) is 2.05. The number of hydrogen-bond acceptors (Lipinski definition) is 1. The summed E-state index contributed by atoms with van der Waals surface area (Å²) in [6, 6.07) is 6.36. The first-order valence-corrected chi connectivity index (χ1v) is 6.93. The monoisotopic (exact) mass is 294 g/mol. The van der Waals surface area contributed by atoms with Crippen LogP contribution >= 0.6 is 0 Å².